The Morgan fingerprint density at radius 3 is 2.44 bits per heavy atom. The molecule has 0 atom stereocenters. The zero-order valence-corrected chi connectivity index (χ0v) is 15.3. The summed E-state index contributed by atoms with van der Waals surface area (Å²) in [5.74, 6) is 0. The van der Waals surface area contributed by atoms with Gasteiger partial charge in [-0.25, -0.2) is 9.59 Å². The van der Waals surface area contributed by atoms with Crippen molar-refractivity contribution in [2.75, 3.05) is 28.6 Å². The van der Waals surface area contributed by atoms with E-state index in [2.05, 4.69) is 15.5 Å². The van der Waals surface area contributed by atoms with Gasteiger partial charge in [0.25, 0.3) is 0 Å². The maximum absolute atomic E-state index is 12.6. The second-order valence-electron chi connectivity index (χ2n) is 6.39. The summed E-state index contributed by atoms with van der Waals surface area (Å²) in [5.41, 5.74) is 1.38. The SMILES string of the molecule is O=C(Nc1ccc(Cl)cc1)Nc1c(N2CCCC2)c2ccccc2oc1=O. The van der Waals surface area contributed by atoms with E-state index in [1.807, 2.05) is 18.2 Å². The molecule has 27 heavy (non-hydrogen) atoms. The lowest BCUT2D eigenvalue weighted by Gasteiger charge is -2.22. The van der Waals surface area contributed by atoms with Gasteiger partial charge in [0, 0.05) is 29.2 Å². The van der Waals surface area contributed by atoms with Crippen LogP contribution in [0.5, 0.6) is 0 Å². The third-order valence-electron chi connectivity index (χ3n) is 4.55. The molecule has 3 aromatic rings. The first kappa shape index (κ1) is 17.4. The number of amides is 2. The van der Waals surface area contributed by atoms with Crippen LogP contribution in [0.4, 0.5) is 21.9 Å². The predicted molar refractivity (Wildman–Crippen MR) is 108 cm³/mol. The van der Waals surface area contributed by atoms with Gasteiger partial charge in [-0.05, 0) is 49.2 Å². The molecule has 2 N–H and O–H groups in total. The van der Waals surface area contributed by atoms with Crippen LogP contribution < -0.4 is 21.2 Å². The Kier molecular flexibility index (Phi) is 4.73. The van der Waals surface area contributed by atoms with Crippen LogP contribution in [0.15, 0.2) is 57.7 Å². The lowest BCUT2D eigenvalue weighted by molar-refractivity contribution is 0.262. The fourth-order valence-corrected chi connectivity index (χ4v) is 3.45. The highest BCUT2D eigenvalue weighted by atomic mass is 35.5. The number of fused-ring (bicyclic) bond motifs is 1. The van der Waals surface area contributed by atoms with Crippen LogP contribution in [-0.2, 0) is 0 Å². The van der Waals surface area contributed by atoms with Crippen molar-refractivity contribution >= 4 is 45.7 Å². The summed E-state index contributed by atoms with van der Waals surface area (Å²) in [6, 6.07) is 13.6. The van der Waals surface area contributed by atoms with Gasteiger partial charge in [0.05, 0.1) is 5.69 Å². The smallest absolute Gasteiger partial charge is 0.362 e. The summed E-state index contributed by atoms with van der Waals surface area (Å²) in [6.07, 6.45) is 2.09. The second kappa shape index (κ2) is 7.32. The molecule has 0 saturated carbocycles. The molecule has 1 saturated heterocycles. The van der Waals surface area contributed by atoms with Crippen molar-refractivity contribution in [2.45, 2.75) is 12.8 Å². The minimum Gasteiger partial charge on any atom is -0.421 e. The van der Waals surface area contributed by atoms with Gasteiger partial charge in [-0.3, -0.25) is 5.32 Å². The molecule has 1 fully saturated rings. The molecule has 0 bridgehead atoms. The molecule has 0 aliphatic carbocycles. The average molecular weight is 384 g/mol. The van der Waals surface area contributed by atoms with E-state index in [4.69, 9.17) is 16.0 Å². The Bertz CT molecular complexity index is 1040. The van der Waals surface area contributed by atoms with Crippen molar-refractivity contribution in [1.82, 2.24) is 0 Å². The Morgan fingerprint density at radius 1 is 1.00 bits per heavy atom. The molecule has 1 aliphatic rings. The monoisotopic (exact) mass is 383 g/mol. The van der Waals surface area contributed by atoms with Crippen LogP contribution in [0.25, 0.3) is 11.0 Å². The van der Waals surface area contributed by atoms with Gasteiger partial charge in [-0.2, -0.15) is 0 Å². The van der Waals surface area contributed by atoms with Gasteiger partial charge >= 0.3 is 11.7 Å². The number of hydrogen-bond donors (Lipinski definition) is 2. The molecule has 138 valence electrons. The molecule has 2 amide bonds. The summed E-state index contributed by atoms with van der Waals surface area (Å²) in [4.78, 5) is 27.2. The molecule has 1 aromatic heterocycles. The topological polar surface area (TPSA) is 74.6 Å². The van der Waals surface area contributed by atoms with Gasteiger partial charge < -0.3 is 14.6 Å². The maximum atomic E-state index is 12.6. The lowest BCUT2D eigenvalue weighted by Crippen LogP contribution is -2.27. The number of rotatable bonds is 3. The molecular formula is C20H18ClN3O3. The first-order chi connectivity index (χ1) is 13.1. The van der Waals surface area contributed by atoms with Crippen LogP contribution in [-0.4, -0.2) is 19.1 Å². The Morgan fingerprint density at radius 2 is 1.70 bits per heavy atom. The number of anilines is 3. The van der Waals surface area contributed by atoms with E-state index in [9.17, 15) is 9.59 Å². The minimum atomic E-state index is -0.568. The Hall–Kier alpha value is -2.99. The van der Waals surface area contributed by atoms with E-state index in [0.717, 1.165) is 31.3 Å². The van der Waals surface area contributed by atoms with Gasteiger partial charge in [-0.1, -0.05) is 23.7 Å². The summed E-state index contributed by atoms with van der Waals surface area (Å²) < 4.78 is 5.42. The highest BCUT2D eigenvalue weighted by Gasteiger charge is 2.23. The van der Waals surface area contributed by atoms with Crippen molar-refractivity contribution in [3.63, 3.8) is 0 Å². The second-order valence-corrected chi connectivity index (χ2v) is 6.83. The average Bonchev–Trinajstić information content (AvgIpc) is 3.18. The zero-order valence-electron chi connectivity index (χ0n) is 14.5. The Balaban J connectivity index is 1.70. The van der Waals surface area contributed by atoms with E-state index in [0.29, 0.717) is 22.0 Å². The number of benzene rings is 2. The molecule has 2 aromatic carbocycles. The standard InChI is InChI=1S/C20H18ClN3O3/c21-13-7-9-14(10-8-13)22-20(26)23-17-18(24-11-3-4-12-24)15-5-1-2-6-16(15)27-19(17)25/h1-2,5-10H,3-4,11-12H2,(H2,22,23,26). The van der Waals surface area contributed by atoms with Gasteiger partial charge in [0.2, 0.25) is 0 Å². The van der Waals surface area contributed by atoms with Crippen LogP contribution in [0.1, 0.15) is 12.8 Å². The van der Waals surface area contributed by atoms with E-state index in [1.54, 1.807) is 30.3 Å². The number of para-hydroxylation sites is 1. The molecule has 7 heteroatoms. The Labute approximate surface area is 160 Å². The summed E-state index contributed by atoms with van der Waals surface area (Å²) >= 11 is 5.86. The fraction of sp³-hybridized carbons (Fsp3) is 0.200. The maximum Gasteiger partial charge on any atom is 0.362 e. The van der Waals surface area contributed by atoms with Crippen molar-refractivity contribution in [3.05, 3.63) is 64.0 Å². The van der Waals surface area contributed by atoms with E-state index >= 15 is 0 Å². The summed E-state index contributed by atoms with van der Waals surface area (Å²) in [6.45, 7) is 1.67. The predicted octanol–water partition coefficient (Wildman–Crippen LogP) is 4.69. The van der Waals surface area contributed by atoms with Crippen LogP contribution in [0, 0.1) is 0 Å². The zero-order chi connectivity index (χ0) is 18.8. The van der Waals surface area contributed by atoms with E-state index in [1.165, 1.54) is 0 Å². The van der Waals surface area contributed by atoms with Crippen LogP contribution in [0.3, 0.4) is 0 Å². The number of hydrogen-bond acceptors (Lipinski definition) is 4. The van der Waals surface area contributed by atoms with Crippen molar-refractivity contribution < 1.29 is 9.21 Å². The highest BCUT2D eigenvalue weighted by molar-refractivity contribution is 6.30. The lowest BCUT2D eigenvalue weighted by atomic mass is 10.1. The van der Waals surface area contributed by atoms with Crippen molar-refractivity contribution in [2.24, 2.45) is 0 Å². The minimum absolute atomic E-state index is 0.155. The largest absolute Gasteiger partial charge is 0.421 e. The van der Waals surface area contributed by atoms with Crippen molar-refractivity contribution in [1.29, 1.82) is 0 Å². The van der Waals surface area contributed by atoms with Crippen LogP contribution >= 0.6 is 11.6 Å². The normalized spacial score (nSPS) is 13.7. The van der Waals surface area contributed by atoms with Gasteiger partial charge in [-0.15, -0.1) is 0 Å². The molecule has 0 radical (unpaired) electrons. The first-order valence-electron chi connectivity index (χ1n) is 8.76. The van der Waals surface area contributed by atoms with Gasteiger partial charge in [0.15, 0.2) is 5.69 Å². The molecule has 4 rings (SSSR count). The number of urea groups is 1. The number of nitrogens with one attached hydrogen (secondary N) is 2. The molecule has 2 heterocycles. The molecular weight excluding hydrogens is 366 g/mol. The number of carbonyl (C=O) groups excluding carboxylic acids is 1. The summed E-state index contributed by atoms with van der Waals surface area (Å²) in [7, 11) is 0. The third-order valence-corrected chi connectivity index (χ3v) is 4.80. The fourth-order valence-electron chi connectivity index (χ4n) is 3.32. The van der Waals surface area contributed by atoms with E-state index < -0.39 is 11.7 Å². The van der Waals surface area contributed by atoms with Crippen LogP contribution in [0.2, 0.25) is 5.02 Å². The van der Waals surface area contributed by atoms with Gasteiger partial charge in [0.1, 0.15) is 5.58 Å². The number of carbonyl (C=O) groups is 1. The third kappa shape index (κ3) is 3.61. The molecule has 1 aliphatic heterocycles. The quantitative estimate of drug-likeness (QED) is 0.643. The first-order valence-corrected chi connectivity index (χ1v) is 9.14. The molecule has 0 spiro atoms. The van der Waals surface area contributed by atoms with Crippen molar-refractivity contribution in [3.8, 4) is 0 Å². The molecule has 0 unspecified atom stereocenters. The number of nitrogens with zero attached hydrogens (tertiary/aromatic N) is 1. The number of halogens is 1. The van der Waals surface area contributed by atoms with E-state index in [-0.39, 0.29) is 5.69 Å². The highest BCUT2D eigenvalue weighted by Crippen LogP contribution is 2.34. The summed E-state index contributed by atoms with van der Waals surface area (Å²) in [5, 5.41) is 6.77. The molecule has 6 nitrogen and oxygen atoms in total.